The van der Waals surface area contributed by atoms with E-state index in [0.717, 1.165) is 30.2 Å². The minimum atomic E-state index is -0.818. The number of piperazine rings is 1. The van der Waals surface area contributed by atoms with Gasteiger partial charge >= 0.3 is 5.97 Å². The fraction of sp³-hybridized carbons (Fsp3) is 0.562. The molecule has 0 radical (unpaired) electrons. The van der Waals surface area contributed by atoms with Gasteiger partial charge in [-0.05, 0) is 37.8 Å². The summed E-state index contributed by atoms with van der Waals surface area (Å²) in [6.07, 6.45) is 5.77. The van der Waals surface area contributed by atoms with Crippen LogP contribution in [0, 0.1) is 0 Å². The Kier molecular flexibility index (Phi) is 4.40. The summed E-state index contributed by atoms with van der Waals surface area (Å²) in [7, 11) is 0. The third-order valence-electron chi connectivity index (χ3n) is 4.62. The van der Waals surface area contributed by atoms with Gasteiger partial charge in [0.05, 0.1) is 11.3 Å². The lowest BCUT2D eigenvalue weighted by molar-refractivity contribution is 0.0693. The molecule has 0 aliphatic carbocycles. The molecule has 0 aromatic heterocycles. The van der Waals surface area contributed by atoms with Crippen LogP contribution in [0.1, 0.15) is 29.6 Å². The number of anilines is 1. The van der Waals surface area contributed by atoms with Gasteiger partial charge in [-0.1, -0.05) is 12.5 Å². The van der Waals surface area contributed by atoms with Crippen molar-refractivity contribution in [3.8, 4) is 0 Å². The Labute approximate surface area is 130 Å². The number of thioether (sulfide) groups is 1. The van der Waals surface area contributed by atoms with Gasteiger partial charge < -0.3 is 10.0 Å². The number of hydrogen-bond acceptors (Lipinski definition) is 4. The number of carbonyl (C=O) groups is 1. The molecule has 5 heteroatoms. The van der Waals surface area contributed by atoms with Gasteiger partial charge in [-0.2, -0.15) is 0 Å². The van der Waals surface area contributed by atoms with Crippen LogP contribution < -0.4 is 4.90 Å². The van der Waals surface area contributed by atoms with Crippen molar-refractivity contribution < 1.29 is 9.90 Å². The van der Waals surface area contributed by atoms with E-state index in [1.54, 1.807) is 0 Å². The van der Waals surface area contributed by atoms with Crippen molar-refractivity contribution in [1.29, 1.82) is 0 Å². The molecule has 2 aliphatic rings. The van der Waals surface area contributed by atoms with Crippen LogP contribution in [-0.4, -0.2) is 54.5 Å². The Morgan fingerprint density at radius 2 is 2.14 bits per heavy atom. The standard InChI is InChI=1S/C16H22N2O2S/c1-21-14-7-4-6-13(15(14)16(19)20)18-10-9-17-8-3-2-5-12(17)11-18/h4,6-7,12H,2-3,5,8-11H2,1H3,(H,19,20). The van der Waals surface area contributed by atoms with Crippen molar-refractivity contribution in [1.82, 2.24) is 4.90 Å². The lowest BCUT2D eigenvalue weighted by Gasteiger charge is -2.45. The van der Waals surface area contributed by atoms with Gasteiger partial charge in [-0.25, -0.2) is 4.79 Å². The molecule has 2 heterocycles. The summed E-state index contributed by atoms with van der Waals surface area (Å²) < 4.78 is 0. The molecule has 0 saturated carbocycles. The van der Waals surface area contributed by atoms with Crippen LogP contribution in [0.15, 0.2) is 23.1 Å². The average Bonchev–Trinajstić information content (AvgIpc) is 2.53. The number of rotatable bonds is 3. The molecule has 1 atom stereocenters. The van der Waals surface area contributed by atoms with Crippen molar-refractivity contribution in [2.45, 2.75) is 30.2 Å². The molecular weight excluding hydrogens is 284 g/mol. The van der Waals surface area contributed by atoms with Crippen molar-refractivity contribution >= 4 is 23.4 Å². The summed E-state index contributed by atoms with van der Waals surface area (Å²) in [4.78, 5) is 17.4. The van der Waals surface area contributed by atoms with Crippen LogP contribution >= 0.6 is 11.8 Å². The molecule has 2 fully saturated rings. The Balaban J connectivity index is 1.88. The third-order valence-corrected chi connectivity index (χ3v) is 5.40. The molecule has 1 aromatic carbocycles. The van der Waals surface area contributed by atoms with Crippen molar-refractivity contribution in [2.75, 3.05) is 37.3 Å². The number of fused-ring (bicyclic) bond motifs is 1. The molecule has 0 amide bonds. The molecule has 0 spiro atoms. The Morgan fingerprint density at radius 1 is 1.29 bits per heavy atom. The minimum Gasteiger partial charge on any atom is -0.478 e. The van der Waals surface area contributed by atoms with Crippen LogP contribution in [0.2, 0.25) is 0 Å². The second-order valence-corrected chi connectivity index (χ2v) is 6.64. The first-order chi connectivity index (χ1) is 10.2. The maximum atomic E-state index is 11.7. The van der Waals surface area contributed by atoms with Gasteiger partial charge in [-0.3, -0.25) is 4.90 Å². The monoisotopic (exact) mass is 306 g/mol. The number of aromatic carboxylic acids is 1. The lowest BCUT2D eigenvalue weighted by atomic mass is 9.98. The first-order valence-corrected chi connectivity index (χ1v) is 8.82. The number of nitrogens with zero attached hydrogens (tertiary/aromatic N) is 2. The number of piperidine rings is 1. The van der Waals surface area contributed by atoms with E-state index in [2.05, 4.69) is 9.80 Å². The predicted octanol–water partition coefficient (Wildman–Crippen LogP) is 2.78. The van der Waals surface area contributed by atoms with Gasteiger partial charge in [0.15, 0.2) is 0 Å². The van der Waals surface area contributed by atoms with Crippen molar-refractivity contribution in [2.24, 2.45) is 0 Å². The fourth-order valence-corrected chi connectivity index (χ4v) is 4.15. The lowest BCUT2D eigenvalue weighted by Crippen LogP contribution is -2.55. The Bertz CT molecular complexity index is 535. The van der Waals surface area contributed by atoms with E-state index >= 15 is 0 Å². The largest absolute Gasteiger partial charge is 0.478 e. The molecule has 1 unspecified atom stereocenters. The zero-order chi connectivity index (χ0) is 14.8. The molecule has 21 heavy (non-hydrogen) atoms. The second-order valence-electron chi connectivity index (χ2n) is 5.79. The Hall–Kier alpha value is -1.20. The van der Waals surface area contributed by atoms with E-state index in [9.17, 15) is 9.90 Å². The quantitative estimate of drug-likeness (QED) is 0.870. The summed E-state index contributed by atoms with van der Waals surface area (Å²) in [5.74, 6) is -0.818. The highest BCUT2D eigenvalue weighted by Gasteiger charge is 2.30. The molecule has 1 aromatic rings. The second kappa shape index (κ2) is 6.28. The van der Waals surface area contributed by atoms with Crippen LogP contribution in [0.3, 0.4) is 0 Å². The van der Waals surface area contributed by atoms with E-state index in [-0.39, 0.29) is 0 Å². The van der Waals surface area contributed by atoms with Crippen molar-refractivity contribution in [3.63, 3.8) is 0 Å². The molecule has 1 N–H and O–H groups in total. The van der Waals surface area contributed by atoms with Crippen LogP contribution in [-0.2, 0) is 0 Å². The predicted molar refractivity (Wildman–Crippen MR) is 86.6 cm³/mol. The van der Waals surface area contributed by atoms with E-state index in [0.29, 0.717) is 11.6 Å². The zero-order valence-corrected chi connectivity index (χ0v) is 13.2. The molecular formula is C16H22N2O2S. The summed E-state index contributed by atoms with van der Waals surface area (Å²) in [5.41, 5.74) is 1.36. The maximum absolute atomic E-state index is 11.7. The summed E-state index contributed by atoms with van der Waals surface area (Å²) in [6.45, 7) is 4.13. The molecule has 4 nitrogen and oxygen atoms in total. The van der Waals surface area contributed by atoms with E-state index < -0.39 is 5.97 Å². The first-order valence-electron chi connectivity index (χ1n) is 7.60. The highest BCUT2D eigenvalue weighted by Crippen LogP contribution is 2.32. The zero-order valence-electron chi connectivity index (χ0n) is 12.4. The van der Waals surface area contributed by atoms with Crippen LogP contribution in [0.4, 0.5) is 5.69 Å². The number of hydrogen-bond donors (Lipinski definition) is 1. The van der Waals surface area contributed by atoms with E-state index in [1.807, 2.05) is 24.5 Å². The molecule has 2 saturated heterocycles. The molecule has 2 aliphatic heterocycles. The molecule has 114 valence electrons. The summed E-state index contributed by atoms with van der Waals surface area (Å²) in [6, 6.07) is 6.42. The maximum Gasteiger partial charge on any atom is 0.338 e. The van der Waals surface area contributed by atoms with Gasteiger partial charge in [0.1, 0.15) is 0 Å². The topological polar surface area (TPSA) is 43.8 Å². The van der Waals surface area contributed by atoms with E-state index in [4.69, 9.17) is 0 Å². The van der Waals surface area contributed by atoms with Crippen molar-refractivity contribution in [3.05, 3.63) is 23.8 Å². The van der Waals surface area contributed by atoms with Gasteiger partial charge in [0.2, 0.25) is 0 Å². The summed E-state index contributed by atoms with van der Waals surface area (Å²) in [5, 5.41) is 9.59. The third kappa shape index (κ3) is 2.90. The van der Waals surface area contributed by atoms with Gasteiger partial charge in [0, 0.05) is 30.6 Å². The van der Waals surface area contributed by atoms with Crippen LogP contribution in [0.25, 0.3) is 0 Å². The van der Waals surface area contributed by atoms with Gasteiger partial charge in [0.25, 0.3) is 0 Å². The Morgan fingerprint density at radius 3 is 2.90 bits per heavy atom. The smallest absolute Gasteiger partial charge is 0.338 e. The fourth-order valence-electron chi connectivity index (χ4n) is 3.54. The number of carboxylic acids is 1. The minimum absolute atomic E-state index is 0.467. The van der Waals surface area contributed by atoms with E-state index in [1.165, 1.54) is 37.6 Å². The number of carboxylic acid groups (broad SMARTS) is 1. The van der Waals surface area contributed by atoms with Gasteiger partial charge in [-0.15, -0.1) is 11.8 Å². The SMILES string of the molecule is CSc1cccc(N2CCN3CCCCC3C2)c1C(=O)O. The molecule has 0 bridgehead atoms. The average molecular weight is 306 g/mol. The normalized spacial score (nSPS) is 22.9. The first kappa shape index (κ1) is 14.7. The number of benzene rings is 1. The highest BCUT2D eigenvalue weighted by atomic mass is 32.2. The highest BCUT2D eigenvalue weighted by molar-refractivity contribution is 7.98. The van der Waals surface area contributed by atoms with Crippen LogP contribution in [0.5, 0.6) is 0 Å². The molecule has 3 rings (SSSR count). The summed E-state index contributed by atoms with van der Waals surface area (Å²) >= 11 is 1.51.